The lowest BCUT2D eigenvalue weighted by Crippen LogP contribution is -1.94. The van der Waals surface area contributed by atoms with E-state index in [4.69, 9.17) is 23.2 Å². The minimum Gasteiger partial charge on any atom is -0.288 e. The van der Waals surface area contributed by atoms with Crippen molar-refractivity contribution in [3.63, 3.8) is 0 Å². The van der Waals surface area contributed by atoms with E-state index in [-0.39, 0.29) is 0 Å². The highest BCUT2D eigenvalue weighted by Gasteiger charge is 2.09. The van der Waals surface area contributed by atoms with E-state index in [0.29, 0.717) is 15.8 Å². The molecule has 0 aliphatic heterocycles. The largest absolute Gasteiger partial charge is 0.288 e. The third-order valence-electron chi connectivity index (χ3n) is 2.98. The van der Waals surface area contributed by atoms with E-state index in [1.165, 1.54) is 0 Å². The van der Waals surface area contributed by atoms with Crippen LogP contribution in [0.1, 0.15) is 11.4 Å². The fourth-order valence-corrected chi connectivity index (χ4v) is 2.36. The lowest BCUT2D eigenvalue weighted by molar-refractivity contribution is 1.01. The Morgan fingerprint density at radius 1 is 1.00 bits per heavy atom. The second-order valence-electron chi connectivity index (χ2n) is 4.46. The minimum atomic E-state index is 0.525. The maximum absolute atomic E-state index is 6.04. The molecule has 2 heterocycles. The third kappa shape index (κ3) is 2.20. The number of halogens is 2. The van der Waals surface area contributed by atoms with Crippen LogP contribution in [0.3, 0.4) is 0 Å². The highest BCUT2D eigenvalue weighted by molar-refractivity contribution is 6.42. The molecule has 0 atom stereocenters. The summed E-state index contributed by atoms with van der Waals surface area (Å²) in [4.78, 5) is 8.94. The Morgan fingerprint density at radius 3 is 2.53 bits per heavy atom. The molecule has 3 rings (SSSR count). The van der Waals surface area contributed by atoms with Crippen molar-refractivity contribution in [1.82, 2.24) is 14.4 Å². The Bertz CT molecular complexity index is 778. The van der Waals surface area contributed by atoms with Crippen LogP contribution in [-0.4, -0.2) is 14.4 Å². The molecule has 0 N–H and O–H groups in total. The second kappa shape index (κ2) is 4.51. The molecule has 0 unspecified atom stereocenters. The number of benzene rings is 1. The van der Waals surface area contributed by atoms with E-state index in [1.54, 1.807) is 6.07 Å². The van der Waals surface area contributed by atoms with Crippen LogP contribution in [0.25, 0.3) is 17.0 Å². The second-order valence-corrected chi connectivity index (χ2v) is 5.28. The van der Waals surface area contributed by atoms with Crippen molar-refractivity contribution in [2.75, 3.05) is 0 Å². The Balaban J connectivity index is 2.20. The van der Waals surface area contributed by atoms with Gasteiger partial charge in [-0.2, -0.15) is 0 Å². The summed E-state index contributed by atoms with van der Waals surface area (Å²) in [6.45, 7) is 3.99. The third-order valence-corrected chi connectivity index (χ3v) is 3.72. The van der Waals surface area contributed by atoms with E-state index in [2.05, 4.69) is 9.97 Å². The summed E-state index contributed by atoms with van der Waals surface area (Å²) in [6, 6.07) is 7.51. The quantitative estimate of drug-likeness (QED) is 0.668. The van der Waals surface area contributed by atoms with Crippen molar-refractivity contribution in [2.45, 2.75) is 13.8 Å². The van der Waals surface area contributed by atoms with Crippen LogP contribution in [0.5, 0.6) is 0 Å². The van der Waals surface area contributed by atoms with Crippen molar-refractivity contribution >= 4 is 29.0 Å². The van der Waals surface area contributed by atoms with Gasteiger partial charge in [-0.15, -0.1) is 0 Å². The zero-order chi connectivity index (χ0) is 13.6. The fraction of sp³-hybridized carbons (Fsp3) is 0.143. The van der Waals surface area contributed by atoms with Gasteiger partial charge in [-0.3, -0.25) is 4.40 Å². The van der Waals surface area contributed by atoms with Gasteiger partial charge in [0.2, 0.25) is 5.78 Å². The molecule has 96 valence electrons. The van der Waals surface area contributed by atoms with Gasteiger partial charge in [0.25, 0.3) is 0 Å². The zero-order valence-corrected chi connectivity index (χ0v) is 12.0. The Labute approximate surface area is 120 Å². The molecule has 0 radical (unpaired) electrons. The van der Waals surface area contributed by atoms with Crippen LogP contribution in [0.4, 0.5) is 0 Å². The van der Waals surface area contributed by atoms with Gasteiger partial charge >= 0.3 is 0 Å². The number of aromatic nitrogens is 3. The number of aryl methyl sites for hydroxylation is 2. The van der Waals surface area contributed by atoms with Gasteiger partial charge in [0.05, 0.1) is 15.7 Å². The molecule has 0 amide bonds. The van der Waals surface area contributed by atoms with Crippen LogP contribution in [0, 0.1) is 13.8 Å². The standard InChI is InChI=1S/C14H11Cl2N3/c1-8-5-9(2)19-7-13(18-14(19)17-8)10-3-4-11(15)12(16)6-10/h3-7H,1-2H3. The van der Waals surface area contributed by atoms with Crippen molar-refractivity contribution in [1.29, 1.82) is 0 Å². The molecule has 0 aliphatic rings. The lowest BCUT2D eigenvalue weighted by atomic mass is 10.2. The van der Waals surface area contributed by atoms with E-state index in [0.717, 1.165) is 22.6 Å². The number of imidazole rings is 1. The van der Waals surface area contributed by atoms with Crippen molar-refractivity contribution in [3.8, 4) is 11.3 Å². The first kappa shape index (κ1) is 12.5. The minimum absolute atomic E-state index is 0.525. The summed E-state index contributed by atoms with van der Waals surface area (Å²) >= 11 is 12.0. The summed E-state index contributed by atoms with van der Waals surface area (Å²) in [6.07, 6.45) is 1.96. The van der Waals surface area contributed by atoms with Gasteiger partial charge < -0.3 is 0 Å². The molecular weight excluding hydrogens is 281 g/mol. The predicted octanol–water partition coefficient (Wildman–Crippen LogP) is 4.32. The molecule has 0 bridgehead atoms. The van der Waals surface area contributed by atoms with Crippen LogP contribution < -0.4 is 0 Å². The van der Waals surface area contributed by atoms with Crippen molar-refractivity contribution < 1.29 is 0 Å². The highest BCUT2D eigenvalue weighted by Crippen LogP contribution is 2.28. The van der Waals surface area contributed by atoms with Gasteiger partial charge in [-0.05, 0) is 32.0 Å². The number of rotatable bonds is 1. The molecule has 0 spiro atoms. The fourth-order valence-electron chi connectivity index (χ4n) is 2.07. The van der Waals surface area contributed by atoms with Crippen LogP contribution >= 0.6 is 23.2 Å². The SMILES string of the molecule is Cc1cc(C)n2cc(-c3ccc(Cl)c(Cl)c3)nc2n1. The number of nitrogens with zero attached hydrogens (tertiary/aromatic N) is 3. The predicted molar refractivity (Wildman–Crippen MR) is 77.9 cm³/mol. The smallest absolute Gasteiger partial charge is 0.234 e. The maximum Gasteiger partial charge on any atom is 0.234 e. The van der Waals surface area contributed by atoms with Crippen LogP contribution in [0.2, 0.25) is 10.0 Å². The molecule has 5 heteroatoms. The average molecular weight is 292 g/mol. The van der Waals surface area contributed by atoms with E-state index >= 15 is 0 Å². The normalized spacial score (nSPS) is 11.2. The first-order chi connectivity index (χ1) is 9.04. The monoisotopic (exact) mass is 291 g/mol. The molecule has 2 aromatic heterocycles. The topological polar surface area (TPSA) is 30.2 Å². The molecule has 1 aromatic carbocycles. The molecular formula is C14H11Cl2N3. The average Bonchev–Trinajstić information content (AvgIpc) is 2.76. The summed E-state index contributed by atoms with van der Waals surface area (Å²) < 4.78 is 1.96. The first-order valence-electron chi connectivity index (χ1n) is 5.83. The number of hydrogen-bond donors (Lipinski definition) is 0. The molecule has 0 fully saturated rings. The van der Waals surface area contributed by atoms with Crippen LogP contribution in [0.15, 0.2) is 30.5 Å². The number of fused-ring (bicyclic) bond motifs is 1. The summed E-state index contributed by atoms with van der Waals surface area (Å²) in [5.74, 6) is 0.693. The highest BCUT2D eigenvalue weighted by atomic mass is 35.5. The molecule has 3 nitrogen and oxygen atoms in total. The summed E-state index contributed by atoms with van der Waals surface area (Å²) in [5, 5.41) is 1.07. The van der Waals surface area contributed by atoms with Gasteiger partial charge in [0.15, 0.2) is 0 Å². The zero-order valence-electron chi connectivity index (χ0n) is 10.5. The van der Waals surface area contributed by atoms with Gasteiger partial charge in [0, 0.05) is 23.1 Å². The van der Waals surface area contributed by atoms with Crippen LogP contribution in [-0.2, 0) is 0 Å². The maximum atomic E-state index is 6.04. The first-order valence-corrected chi connectivity index (χ1v) is 6.59. The summed E-state index contributed by atoms with van der Waals surface area (Å²) in [7, 11) is 0. The van der Waals surface area contributed by atoms with E-state index in [9.17, 15) is 0 Å². The van der Waals surface area contributed by atoms with Gasteiger partial charge in [0.1, 0.15) is 0 Å². The molecule has 0 saturated heterocycles. The Kier molecular flexibility index (Phi) is 2.96. The van der Waals surface area contributed by atoms with Gasteiger partial charge in [-0.1, -0.05) is 29.3 Å². The molecule has 3 aromatic rings. The molecule has 0 aliphatic carbocycles. The molecule has 19 heavy (non-hydrogen) atoms. The molecule has 0 saturated carbocycles. The van der Waals surface area contributed by atoms with E-state index in [1.807, 2.05) is 42.6 Å². The van der Waals surface area contributed by atoms with Gasteiger partial charge in [-0.25, -0.2) is 9.97 Å². The summed E-state index contributed by atoms with van der Waals surface area (Å²) in [5.41, 5.74) is 3.81. The Morgan fingerprint density at radius 2 is 1.79 bits per heavy atom. The lowest BCUT2D eigenvalue weighted by Gasteiger charge is -1.99. The Hall–Kier alpha value is -1.58. The van der Waals surface area contributed by atoms with Crippen molar-refractivity contribution in [3.05, 3.63) is 51.9 Å². The van der Waals surface area contributed by atoms with Crippen molar-refractivity contribution in [2.24, 2.45) is 0 Å². The number of hydrogen-bond acceptors (Lipinski definition) is 2. The van der Waals surface area contributed by atoms with E-state index < -0.39 is 0 Å².